The van der Waals surface area contributed by atoms with Crippen LogP contribution in [0.1, 0.15) is 29.5 Å². The van der Waals surface area contributed by atoms with Crippen molar-refractivity contribution in [1.82, 2.24) is 0 Å². The number of furan rings is 1. The number of carbonyl (C=O) groups is 1. The molecule has 0 aliphatic carbocycles. The molecule has 0 radical (unpaired) electrons. The van der Waals surface area contributed by atoms with Crippen LogP contribution in [0, 0.1) is 0 Å². The molecule has 2 rings (SSSR count). The molecular formula is C15H16BrNO3. The number of carboxylic acids is 1. The van der Waals surface area contributed by atoms with Gasteiger partial charge >= 0.3 is 5.97 Å². The molecule has 1 aromatic carbocycles. The Morgan fingerprint density at radius 2 is 2.25 bits per heavy atom. The van der Waals surface area contributed by atoms with Crippen molar-refractivity contribution in [2.45, 2.75) is 25.8 Å². The fraction of sp³-hybridized carbons (Fsp3) is 0.267. The van der Waals surface area contributed by atoms with Gasteiger partial charge in [-0.3, -0.25) is 0 Å². The quantitative estimate of drug-likeness (QED) is 0.830. The molecule has 5 heteroatoms. The van der Waals surface area contributed by atoms with Gasteiger partial charge in [-0.15, -0.1) is 0 Å². The van der Waals surface area contributed by atoms with Crippen molar-refractivity contribution in [2.24, 2.45) is 0 Å². The zero-order valence-corrected chi connectivity index (χ0v) is 12.7. The highest BCUT2D eigenvalue weighted by Crippen LogP contribution is 2.21. The van der Waals surface area contributed by atoms with Crippen LogP contribution < -0.4 is 5.32 Å². The van der Waals surface area contributed by atoms with Crippen LogP contribution in [-0.4, -0.2) is 17.1 Å². The molecule has 4 nitrogen and oxygen atoms in total. The molecule has 106 valence electrons. The number of hydrogen-bond acceptors (Lipinski definition) is 3. The summed E-state index contributed by atoms with van der Waals surface area (Å²) in [6.07, 6.45) is 3.42. The van der Waals surface area contributed by atoms with Crippen molar-refractivity contribution < 1.29 is 14.3 Å². The maximum absolute atomic E-state index is 11.0. The topological polar surface area (TPSA) is 62.5 Å². The van der Waals surface area contributed by atoms with Gasteiger partial charge in [-0.2, -0.15) is 0 Å². The van der Waals surface area contributed by atoms with Crippen LogP contribution in [-0.2, 0) is 6.42 Å². The second-order valence-electron chi connectivity index (χ2n) is 4.70. The minimum absolute atomic E-state index is 0.219. The Hall–Kier alpha value is -1.75. The molecule has 0 saturated carbocycles. The smallest absolute Gasteiger partial charge is 0.335 e. The maximum atomic E-state index is 11.0. The first kappa shape index (κ1) is 14.7. The lowest BCUT2D eigenvalue weighted by Gasteiger charge is -2.15. The standard InChI is InChI=1S/C15H16BrNO3/c1-10(4-5-14-3-2-6-20-14)17-13-8-11(15(18)19)7-12(16)9-13/h2-3,6-10,17H,4-5H2,1H3,(H,18,19). The number of carboxylic acid groups (broad SMARTS) is 1. The average molecular weight is 338 g/mol. The maximum Gasteiger partial charge on any atom is 0.335 e. The van der Waals surface area contributed by atoms with Crippen LogP contribution in [0.15, 0.2) is 45.5 Å². The molecule has 0 saturated heterocycles. The lowest BCUT2D eigenvalue weighted by atomic mass is 10.1. The van der Waals surface area contributed by atoms with E-state index in [9.17, 15) is 4.79 Å². The fourth-order valence-electron chi connectivity index (χ4n) is 1.97. The van der Waals surface area contributed by atoms with Crippen LogP contribution in [0.3, 0.4) is 0 Å². The summed E-state index contributed by atoms with van der Waals surface area (Å²) in [7, 11) is 0. The third kappa shape index (κ3) is 4.13. The first-order valence-corrected chi connectivity index (χ1v) is 7.16. The molecule has 1 heterocycles. The van der Waals surface area contributed by atoms with Crippen LogP contribution in [0.25, 0.3) is 0 Å². The lowest BCUT2D eigenvalue weighted by molar-refractivity contribution is 0.0697. The van der Waals surface area contributed by atoms with E-state index in [1.54, 1.807) is 18.4 Å². The summed E-state index contributed by atoms with van der Waals surface area (Å²) >= 11 is 3.32. The van der Waals surface area contributed by atoms with E-state index in [2.05, 4.69) is 28.2 Å². The number of rotatable bonds is 6. The Morgan fingerprint density at radius 1 is 1.45 bits per heavy atom. The second-order valence-corrected chi connectivity index (χ2v) is 5.61. The van der Waals surface area contributed by atoms with E-state index in [0.717, 1.165) is 28.8 Å². The van der Waals surface area contributed by atoms with E-state index < -0.39 is 5.97 Å². The number of benzene rings is 1. The molecule has 0 aliphatic heterocycles. The summed E-state index contributed by atoms with van der Waals surface area (Å²) in [4.78, 5) is 11.0. The van der Waals surface area contributed by atoms with Crippen molar-refractivity contribution in [3.63, 3.8) is 0 Å². The van der Waals surface area contributed by atoms with Gasteiger partial charge in [0.05, 0.1) is 11.8 Å². The van der Waals surface area contributed by atoms with Crippen molar-refractivity contribution in [2.75, 3.05) is 5.32 Å². The van der Waals surface area contributed by atoms with Crippen LogP contribution >= 0.6 is 15.9 Å². The minimum Gasteiger partial charge on any atom is -0.478 e. The summed E-state index contributed by atoms with van der Waals surface area (Å²) in [5.41, 5.74) is 1.06. The summed E-state index contributed by atoms with van der Waals surface area (Å²) < 4.78 is 6.04. The molecule has 2 aromatic rings. The average Bonchev–Trinajstić information content (AvgIpc) is 2.88. The van der Waals surface area contributed by atoms with E-state index in [1.165, 1.54) is 0 Å². The third-order valence-electron chi connectivity index (χ3n) is 2.96. The Labute approximate surface area is 125 Å². The molecule has 1 atom stereocenters. The van der Waals surface area contributed by atoms with E-state index in [-0.39, 0.29) is 11.6 Å². The van der Waals surface area contributed by atoms with Gasteiger partial charge in [0.2, 0.25) is 0 Å². The zero-order chi connectivity index (χ0) is 14.5. The molecule has 2 N–H and O–H groups in total. The zero-order valence-electron chi connectivity index (χ0n) is 11.1. The van der Waals surface area contributed by atoms with E-state index in [1.807, 2.05) is 18.2 Å². The number of hydrogen-bond donors (Lipinski definition) is 2. The van der Waals surface area contributed by atoms with Gasteiger partial charge in [0.25, 0.3) is 0 Å². The molecule has 0 spiro atoms. The van der Waals surface area contributed by atoms with Gasteiger partial charge in [0.15, 0.2) is 0 Å². The molecule has 20 heavy (non-hydrogen) atoms. The number of aryl methyl sites for hydroxylation is 1. The minimum atomic E-state index is -0.933. The van der Waals surface area contributed by atoms with E-state index in [4.69, 9.17) is 9.52 Å². The number of halogens is 1. The Kier molecular flexibility index (Phi) is 4.84. The summed E-state index contributed by atoms with van der Waals surface area (Å²) in [6.45, 7) is 2.06. The predicted molar refractivity (Wildman–Crippen MR) is 81.2 cm³/mol. The molecular weight excluding hydrogens is 322 g/mol. The lowest BCUT2D eigenvalue weighted by Crippen LogP contribution is -2.16. The highest BCUT2D eigenvalue weighted by Gasteiger charge is 2.09. The molecule has 1 unspecified atom stereocenters. The molecule has 0 amide bonds. The summed E-state index contributed by atoms with van der Waals surface area (Å²) in [5.74, 6) is 0.0247. The molecule has 1 aromatic heterocycles. The summed E-state index contributed by atoms with van der Waals surface area (Å²) in [6, 6.07) is 9.14. The van der Waals surface area contributed by atoms with E-state index in [0.29, 0.717) is 0 Å². The van der Waals surface area contributed by atoms with Crippen molar-refractivity contribution in [3.05, 3.63) is 52.4 Å². The molecule has 0 fully saturated rings. The van der Waals surface area contributed by atoms with Crippen molar-refractivity contribution in [3.8, 4) is 0 Å². The van der Waals surface area contributed by atoms with Gasteiger partial charge in [-0.05, 0) is 43.7 Å². The van der Waals surface area contributed by atoms with Crippen molar-refractivity contribution >= 4 is 27.6 Å². The summed E-state index contributed by atoms with van der Waals surface area (Å²) in [5, 5.41) is 12.3. The molecule has 0 bridgehead atoms. The normalized spacial score (nSPS) is 12.1. The van der Waals surface area contributed by atoms with Gasteiger partial charge in [0.1, 0.15) is 5.76 Å². The van der Waals surface area contributed by atoms with Crippen molar-refractivity contribution in [1.29, 1.82) is 0 Å². The van der Waals surface area contributed by atoms with E-state index >= 15 is 0 Å². The monoisotopic (exact) mass is 337 g/mol. The number of aromatic carboxylic acids is 1. The largest absolute Gasteiger partial charge is 0.478 e. The SMILES string of the molecule is CC(CCc1ccco1)Nc1cc(Br)cc(C(=O)O)c1. The number of nitrogens with one attached hydrogen (secondary N) is 1. The Bertz CT molecular complexity index is 581. The van der Waals surface area contributed by atoms with Gasteiger partial charge in [0, 0.05) is 22.6 Å². The third-order valence-corrected chi connectivity index (χ3v) is 3.42. The van der Waals surface area contributed by atoms with Gasteiger partial charge in [-0.25, -0.2) is 4.79 Å². The van der Waals surface area contributed by atoms with Gasteiger partial charge < -0.3 is 14.8 Å². The fourth-order valence-corrected chi connectivity index (χ4v) is 2.46. The van der Waals surface area contributed by atoms with Crippen LogP contribution in [0.2, 0.25) is 0 Å². The highest BCUT2D eigenvalue weighted by molar-refractivity contribution is 9.10. The van der Waals surface area contributed by atoms with Gasteiger partial charge in [-0.1, -0.05) is 15.9 Å². The van der Waals surface area contributed by atoms with Crippen LogP contribution in [0.5, 0.6) is 0 Å². The highest BCUT2D eigenvalue weighted by atomic mass is 79.9. The Morgan fingerprint density at radius 3 is 2.90 bits per heavy atom. The molecule has 0 aliphatic rings. The number of anilines is 1. The second kappa shape index (κ2) is 6.61. The Balaban J connectivity index is 1.96. The predicted octanol–water partition coefficient (Wildman–Crippen LogP) is 4.17. The first-order chi connectivity index (χ1) is 9.54. The first-order valence-electron chi connectivity index (χ1n) is 6.37. The van der Waals surface area contributed by atoms with Crippen LogP contribution in [0.4, 0.5) is 5.69 Å².